The Morgan fingerprint density at radius 3 is 2.70 bits per heavy atom. The van der Waals surface area contributed by atoms with Gasteiger partial charge < -0.3 is 19.6 Å². The second kappa shape index (κ2) is 9.62. The van der Waals surface area contributed by atoms with Crippen molar-refractivity contribution in [3.63, 3.8) is 0 Å². The number of carbonyl (C=O) groups is 2. The van der Waals surface area contributed by atoms with Crippen LogP contribution in [0, 0.1) is 12.7 Å². The van der Waals surface area contributed by atoms with Gasteiger partial charge in [0.1, 0.15) is 23.2 Å². The van der Waals surface area contributed by atoms with Crippen molar-refractivity contribution in [1.29, 1.82) is 0 Å². The zero-order valence-corrected chi connectivity index (χ0v) is 19.1. The molecule has 2 aromatic carbocycles. The molecule has 0 spiro atoms. The highest BCUT2D eigenvalue weighted by molar-refractivity contribution is 6.30. The van der Waals surface area contributed by atoms with Gasteiger partial charge in [-0.2, -0.15) is 0 Å². The molecule has 33 heavy (non-hydrogen) atoms. The van der Waals surface area contributed by atoms with Crippen LogP contribution in [-0.2, 0) is 11.3 Å². The Labute approximate surface area is 196 Å². The third kappa shape index (κ3) is 4.85. The van der Waals surface area contributed by atoms with Crippen molar-refractivity contribution < 1.29 is 18.5 Å². The summed E-state index contributed by atoms with van der Waals surface area (Å²) in [6.45, 7) is 2.49. The number of nitrogens with one attached hydrogen (secondary N) is 1. The molecule has 2 heterocycles. The molecule has 7 nitrogen and oxygen atoms in total. The molecular formula is C24H24ClFN4O3. The number of likely N-dealkylation sites (N-methyl/N-ethyl adjacent to an activating group) is 1. The normalized spacial score (nSPS) is 15.5. The predicted octanol–water partition coefficient (Wildman–Crippen LogP) is 5.10. The van der Waals surface area contributed by atoms with E-state index in [9.17, 15) is 14.0 Å². The molecule has 0 radical (unpaired) electrons. The topological polar surface area (TPSA) is 78.7 Å². The molecule has 1 aromatic heterocycles. The highest BCUT2D eigenvalue weighted by Gasteiger charge is 2.36. The van der Waals surface area contributed by atoms with E-state index in [0.29, 0.717) is 36.7 Å². The predicted molar refractivity (Wildman–Crippen MR) is 123 cm³/mol. The first kappa shape index (κ1) is 22.8. The van der Waals surface area contributed by atoms with Crippen molar-refractivity contribution in [2.24, 2.45) is 0 Å². The Hall–Kier alpha value is -3.39. The van der Waals surface area contributed by atoms with E-state index in [4.69, 9.17) is 16.1 Å². The lowest BCUT2D eigenvalue weighted by molar-refractivity contribution is -0.134. The number of benzene rings is 2. The van der Waals surface area contributed by atoms with Gasteiger partial charge in [0, 0.05) is 30.7 Å². The minimum absolute atomic E-state index is 0.144. The number of hydrogen-bond donors (Lipinski definition) is 1. The molecule has 0 bridgehead atoms. The van der Waals surface area contributed by atoms with Crippen LogP contribution in [0.3, 0.4) is 0 Å². The number of aryl methyl sites for hydroxylation is 1. The lowest BCUT2D eigenvalue weighted by Gasteiger charge is -2.28. The number of urea groups is 1. The maximum atomic E-state index is 14.3. The number of anilines is 1. The fourth-order valence-corrected chi connectivity index (χ4v) is 4.12. The van der Waals surface area contributed by atoms with Crippen LogP contribution in [0.1, 0.15) is 24.2 Å². The molecule has 1 aliphatic heterocycles. The fraction of sp³-hybridized carbons (Fsp3) is 0.292. The van der Waals surface area contributed by atoms with Gasteiger partial charge in [-0.05, 0) is 49.6 Å². The summed E-state index contributed by atoms with van der Waals surface area (Å²) < 4.78 is 19.5. The molecule has 1 N–H and O–H groups in total. The molecule has 9 heteroatoms. The van der Waals surface area contributed by atoms with Crippen LogP contribution in [0.5, 0.6) is 0 Å². The Balaban J connectivity index is 1.49. The average Bonchev–Trinajstić information content (AvgIpc) is 3.43. The summed E-state index contributed by atoms with van der Waals surface area (Å²) in [5.41, 5.74) is 1.67. The van der Waals surface area contributed by atoms with Crippen LogP contribution in [-0.4, -0.2) is 46.5 Å². The standard InChI is InChI=1S/C24H24ClFN4O3/c1-15-21(22(28-33-15)18-6-3-4-7-19(18)26)27-24(32)30-13-5-8-20(30)23(31)29(2)14-16-9-11-17(25)12-10-16/h3-4,6-7,9-12,20H,5,8,13-14H2,1-2H3,(H,27,32). The van der Waals surface area contributed by atoms with Crippen LogP contribution < -0.4 is 5.32 Å². The summed E-state index contributed by atoms with van der Waals surface area (Å²) in [4.78, 5) is 29.4. The van der Waals surface area contributed by atoms with Gasteiger partial charge in [0.05, 0.1) is 0 Å². The molecule has 0 saturated carbocycles. The Kier molecular flexibility index (Phi) is 6.65. The molecule has 1 fully saturated rings. The third-order valence-electron chi connectivity index (χ3n) is 5.73. The largest absolute Gasteiger partial charge is 0.359 e. The van der Waals surface area contributed by atoms with Gasteiger partial charge in [0.15, 0.2) is 5.76 Å². The number of halogens is 2. The van der Waals surface area contributed by atoms with Crippen molar-refractivity contribution in [3.8, 4) is 11.3 Å². The number of likely N-dealkylation sites (tertiary alicyclic amines) is 1. The maximum absolute atomic E-state index is 14.3. The fourth-order valence-electron chi connectivity index (χ4n) is 4.00. The molecule has 3 amide bonds. The van der Waals surface area contributed by atoms with Gasteiger partial charge >= 0.3 is 6.03 Å². The zero-order valence-electron chi connectivity index (χ0n) is 18.3. The summed E-state index contributed by atoms with van der Waals surface area (Å²) in [6, 6.07) is 12.4. The minimum atomic E-state index is -0.584. The van der Waals surface area contributed by atoms with Crippen LogP contribution >= 0.6 is 11.6 Å². The molecule has 172 valence electrons. The van der Waals surface area contributed by atoms with Crippen molar-refractivity contribution in [3.05, 3.63) is 70.7 Å². The van der Waals surface area contributed by atoms with E-state index in [1.54, 1.807) is 49.2 Å². The number of rotatable bonds is 5. The first-order valence-electron chi connectivity index (χ1n) is 10.6. The van der Waals surface area contributed by atoms with Crippen LogP contribution in [0.4, 0.5) is 14.9 Å². The van der Waals surface area contributed by atoms with Crippen LogP contribution in [0.2, 0.25) is 5.02 Å². The monoisotopic (exact) mass is 470 g/mol. The molecule has 1 saturated heterocycles. The molecular weight excluding hydrogens is 447 g/mol. The van der Waals surface area contributed by atoms with Gasteiger partial charge in [0.2, 0.25) is 5.91 Å². The van der Waals surface area contributed by atoms with E-state index in [-0.39, 0.29) is 22.9 Å². The van der Waals surface area contributed by atoms with E-state index < -0.39 is 17.9 Å². The molecule has 0 aliphatic carbocycles. The van der Waals surface area contributed by atoms with Gasteiger partial charge in [-0.15, -0.1) is 0 Å². The van der Waals surface area contributed by atoms with Crippen molar-refractivity contribution >= 4 is 29.2 Å². The van der Waals surface area contributed by atoms with Crippen molar-refractivity contribution in [2.45, 2.75) is 32.4 Å². The number of hydrogen-bond acceptors (Lipinski definition) is 4. The van der Waals surface area contributed by atoms with E-state index in [1.807, 2.05) is 12.1 Å². The highest BCUT2D eigenvalue weighted by Crippen LogP contribution is 2.32. The SMILES string of the molecule is Cc1onc(-c2ccccc2F)c1NC(=O)N1CCCC1C(=O)N(C)Cc1ccc(Cl)cc1. The van der Waals surface area contributed by atoms with Gasteiger partial charge in [-0.25, -0.2) is 9.18 Å². The maximum Gasteiger partial charge on any atom is 0.322 e. The number of amides is 3. The van der Waals surface area contributed by atoms with E-state index in [0.717, 1.165) is 5.56 Å². The van der Waals surface area contributed by atoms with E-state index in [2.05, 4.69) is 10.5 Å². The Bertz CT molecular complexity index is 1160. The van der Waals surface area contributed by atoms with Crippen LogP contribution in [0.15, 0.2) is 53.1 Å². The number of aromatic nitrogens is 1. The number of nitrogens with zero attached hydrogens (tertiary/aromatic N) is 3. The molecule has 1 aliphatic rings. The van der Waals surface area contributed by atoms with Gasteiger partial charge in [0.25, 0.3) is 0 Å². The summed E-state index contributed by atoms with van der Waals surface area (Å²) in [5.74, 6) is -0.267. The van der Waals surface area contributed by atoms with E-state index in [1.165, 1.54) is 11.0 Å². The van der Waals surface area contributed by atoms with Crippen molar-refractivity contribution in [1.82, 2.24) is 15.0 Å². The summed E-state index contributed by atoms with van der Waals surface area (Å²) >= 11 is 5.93. The summed E-state index contributed by atoms with van der Waals surface area (Å²) in [6.07, 6.45) is 1.28. The lowest BCUT2D eigenvalue weighted by atomic mass is 10.1. The Morgan fingerprint density at radius 2 is 1.97 bits per heavy atom. The quantitative estimate of drug-likeness (QED) is 0.562. The van der Waals surface area contributed by atoms with Crippen LogP contribution in [0.25, 0.3) is 11.3 Å². The first-order valence-corrected chi connectivity index (χ1v) is 11.0. The second-order valence-corrected chi connectivity index (χ2v) is 8.48. The van der Waals surface area contributed by atoms with Gasteiger partial charge in [-0.1, -0.05) is 41.0 Å². The smallest absolute Gasteiger partial charge is 0.322 e. The lowest BCUT2D eigenvalue weighted by Crippen LogP contribution is -2.47. The summed E-state index contributed by atoms with van der Waals surface area (Å²) in [7, 11) is 1.71. The third-order valence-corrected chi connectivity index (χ3v) is 5.98. The average molecular weight is 471 g/mol. The minimum Gasteiger partial charge on any atom is -0.359 e. The number of carbonyl (C=O) groups excluding carboxylic acids is 2. The molecule has 3 aromatic rings. The molecule has 1 atom stereocenters. The Morgan fingerprint density at radius 1 is 1.24 bits per heavy atom. The highest BCUT2D eigenvalue weighted by atomic mass is 35.5. The zero-order chi connectivity index (χ0) is 23.5. The van der Waals surface area contributed by atoms with E-state index >= 15 is 0 Å². The van der Waals surface area contributed by atoms with Crippen molar-refractivity contribution in [2.75, 3.05) is 18.9 Å². The summed E-state index contributed by atoms with van der Waals surface area (Å²) in [5, 5.41) is 7.34. The first-order chi connectivity index (χ1) is 15.8. The molecule has 4 rings (SSSR count). The second-order valence-electron chi connectivity index (χ2n) is 8.04. The van der Waals surface area contributed by atoms with Gasteiger partial charge in [-0.3, -0.25) is 4.79 Å². The molecule has 1 unspecified atom stereocenters.